The molecule has 1 aliphatic heterocycles. The number of nitrogens with zero attached hydrogens (tertiary/aromatic N) is 3. The molecule has 0 radical (unpaired) electrons. The highest BCUT2D eigenvalue weighted by Crippen LogP contribution is 2.35. The molecule has 0 aliphatic carbocycles. The summed E-state index contributed by atoms with van der Waals surface area (Å²) in [5.74, 6) is 0.833. The van der Waals surface area contributed by atoms with Gasteiger partial charge < -0.3 is 23.7 Å². The van der Waals surface area contributed by atoms with Crippen LogP contribution >= 0.6 is 11.3 Å². The fraction of sp³-hybridized carbons (Fsp3) is 0.310. The number of thiazole rings is 1. The van der Waals surface area contributed by atoms with Gasteiger partial charge in [0.15, 0.2) is 22.9 Å². The molecule has 0 amide bonds. The molecule has 10 nitrogen and oxygen atoms in total. The molecule has 1 aliphatic rings. The van der Waals surface area contributed by atoms with E-state index in [1.165, 1.54) is 30.1 Å². The highest BCUT2D eigenvalue weighted by molar-refractivity contribution is 7.07. The minimum atomic E-state index is -0.815. The predicted octanol–water partition coefficient (Wildman–Crippen LogP) is 2.73. The van der Waals surface area contributed by atoms with Crippen molar-refractivity contribution in [3.63, 3.8) is 0 Å². The largest absolute Gasteiger partial charge is 0.496 e. The molecule has 0 N–H and O–H groups in total. The van der Waals surface area contributed by atoms with Crippen molar-refractivity contribution in [2.24, 2.45) is 4.99 Å². The van der Waals surface area contributed by atoms with Gasteiger partial charge in [0.05, 0.1) is 36.1 Å². The molecular weight excluding hydrogens is 534 g/mol. The first-order chi connectivity index (χ1) is 19.4. The van der Waals surface area contributed by atoms with Gasteiger partial charge in [-0.25, -0.2) is 9.79 Å². The number of hydrogen-bond acceptors (Lipinski definition) is 10. The Morgan fingerprint density at radius 3 is 2.65 bits per heavy atom. The topological polar surface area (TPSA) is 121 Å². The van der Waals surface area contributed by atoms with Gasteiger partial charge in [0.25, 0.3) is 5.56 Å². The van der Waals surface area contributed by atoms with Crippen molar-refractivity contribution in [1.29, 1.82) is 5.26 Å². The third-order valence-electron chi connectivity index (χ3n) is 6.05. The summed E-state index contributed by atoms with van der Waals surface area (Å²) in [5.41, 5.74) is 1.70. The Hall–Kier alpha value is -4.40. The van der Waals surface area contributed by atoms with Crippen LogP contribution in [-0.4, -0.2) is 51.2 Å². The fourth-order valence-electron chi connectivity index (χ4n) is 4.33. The van der Waals surface area contributed by atoms with Gasteiger partial charge in [-0.15, -0.1) is 0 Å². The van der Waals surface area contributed by atoms with E-state index in [0.29, 0.717) is 50.0 Å². The normalized spacial score (nSPS) is 14.7. The van der Waals surface area contributed by atoms with E-state index in [9.17, 15) is 9.59 Å². The number of ether oxygens (including phenoxy) is 5. The zero-order valence-corrected chi connectivity index (χ0v) is 23.4. The average molecular weight is 564 g/mol. The average Bonchev–Trinajstić information content (AvgIpc) is 3.26. The molecule has 1 aromatic heterocycles. The van der Waals surface area contributed by atoms with Gasteiger partial charge in [-0.2, -0.15) is 5.26 Å². The van der Waals surface area contributed by atoms with Crippen LogP contribution < -0.4 is 29.1 Å². The van der Waals surface area contributed by atoms with Crippen LogP contribution in [-0.2, 0) is 14.3 Å². The van der Waals surface area contributed by atoms with Crippen LogP contribution in [0.5, 0.6) is 17.2 Å². The lowest BCUT2D eigenvalue weighted by Gasteiger charge is -2.26. The summed E-state index contributed by atoms with van der Waals surface area (Å²) in [6.07, 6.45) is 1.73. The molecule has 2 heterocycles. The SMILES string of the molecule is CCOc1cc(C=c2sc3n(c2=O)C(c2ccccc2OC)C(C(=O)OCCOC)=C(C)N=3)ccc1OCC#N. The smallest absolute Gasteiger partial charge is 0.338 e. The Labute approximate surface area is 235 Å². The second-order valence-corrected chi connectivity index (χ2v) is 9.55. The van der Waals surface area contributed by atoms with Gasteiger partial charge in [0, 0.05) is 12.7 Å². The molecule has 0 saturated heterocycles. The summed E-state index contributed by atoms with van der Waals surface area (Å²) >= 11 is 1.21. The number of benzene rings is 2. The maximum atomic E-state index is 13.9. The van der Waals surface area contributed by atoms with Crippen LogP contribution in [0.2, 0.25) is 0 Å². The number of carbonyl (C=O) groups is 1. The van der Waals surface area contributed by atoms with Crippen LogP contribution in [0.15, 0.2) is 63.5 Å². The molecule has 0 spiro atoms. The lowest BCUT2D eigenvalue weighted by Crippen LogP contribution is -2.40. The van der Waals surface area contributed by atoms with Gasteiger partial charge >= 0.3 is 5.97 Å². The highest BCUT2D eigenvalue weighted by Gasteiger charge is 2.35. The number of carbonyl (C=O) groups excluding carboxylic acids is 1. The summed E-state index contributed by atoms with van der Waals surface area (Å²) in [6, 6.07) is 13.6. The number of nitriles is 1. The Morgan fingerprint density at radius 2 is 1.93 bits per heavy atom. The van der Waals surface area contributed by atoms with Gasteiger partial charge in [-0.3, -0.25) is 9.36 Å². The van der Waals surface area contributed by atoms with Crippen LogP contribution in [0.1, 0.15) is 31.0 Å². The van der Waals surface area contributed by atoms with Crippen LogP contribution in [0, 0.1) is 11.3 Å². The Kier molecular flexibility index (Phi) is 9.37. The maximum absolute atomic E-state index is 13.9. The molecule has 0 bridgehead atoms. The number of fused-ring (bicyclic) bond motifs is 1. The Bertz CT molecular complexity index is 1650. The first-order valence-corrected chi connectivity index (χ1v) is 13.3. The summed E-state index contributed by atoms with van der Waals surface area (Å²) in [5, 5.41) is 8.86. The lowest BCUT2D eigenvalue weighted by atomic mass is 9.95. The van der Waals surface area contributed by atoms with Crippen molar-refractivity contribution in [2.75, 3.05) is 40.6 Å². The Balaban J connectivity index is 1.87. The third kappa shape index (κ3) is 5.93. The summed E-state index contributed by atoms with van der Waals surface area (Å²) in [6.45, 7) is 4.15. The zero-order valence-electron chi connectivity index (χ0n) is 22.6. The monoisotopic (exact) mass is 563 g/mol. The fourth-order valence-corrected chi connectivity index (χ4v) is 5.37. The van der Waals surface area contributed by atoms with Gasteiger partial charge in [-0.1, -0.05) is 35.6 Å². The van der Waals surface area contributed by atoms with E-state index in [0.717, 1.165) is 0 Å². The quantitative estimate of drug-likeness (QED) is 0.258. The first-order valence-electron chi connectivity index (χ1n) is 12.5. The second-order valence-electron chi connectivity index (χ2n) is 8.54. The predicted molar refractivity (Wildman–Crippen MR) is 148 cm³/mol. The molecule has 11 heteroatoms. The third-order valence-corrected chi connectivity index (χ3v) is 7.04. The summed E-state index contributed by atoms with van der Waals surface area (Å²) in [4.78, 5) is 32.3. The number of aromatic nitrogens is 1. The zero-order chi connectivity index (χ0) is 28.6. The first kappa shape index (κ1) is 28.6. The van der Waals surface area contributed by atoms with E-state index < -0.39 is 12.0 Å². The van der Waals surface area contributed by atoms with Crippen molar-refractivity contribution in [2.45, 2.75) is 19.9 Å². The van der Waals surface area contributed by atoms with Gasteiger partial charge in [0.2, 0.25) is 0 Å². The highest BCUT2D eigenvalue weighted by atomic mass is 32.1. The van der Waals surface area contributed by atoms with Crippen molar-refractivity contribution >= 4 is 23.4 Å². The molecule has 3 aromatic rings. The molecule has 1 atom stereocenters. The van der Waals surface area contributed by atoms with Crippen LogP contribution in [0.3, 0.4) is 0 Å². The molecule has 2 aromatic carbocycles. The maximum Gasteiger partial charge on any atom is 0.338 e. The van der Waals surface area contributed by atoms with Crippen molar-refractivity contribution in [1.82, 2.24) is 4.57 Å². The molecule has 0 fully saturated rings. The van der Waals surface area contributed by atoms with Crippen LogP contribution in [0.25, 0.3) is 6.08 Å². The number of allylic oxidation sites excluding steroid dienone is 1. The van der Waals surface area contributed by atoms with Crippen molar-refractivity contribution < 1.29 is 28.5 Å². The molecule has 0 saturated carbocycles. The second kappa shape index (κ2) is 13.1. The van der Waals surface area contributed by atoms with E-state index in [4.69, 9.17) is 28.9 Å². The van der Waals surface area contributed by atoms with Gasteiger partial charge in [0.1, 0.15) is 24.5 Å². The Morgan fingerprint density at radius 1 is 1.12 bits per heavy atom. The van der Waals surface area contributed by atoms with E-state index in [-0.39, 0.29) is 31.0 Å². The summed E-state index contributed by atoms with van der Waals surface area (Å²) < 4.78 is 29.1. The molecular formula is C29H29N3O7S. The lowest BCUT2D eigenvalue weighted by molar-refractivity contribution is -0.140. The minimum absolute atomic E-state index is 0.0609. The molecule has 208 valence electrons. The molecule has 1 unspecified atom stereocenters. The standard InChI is InChI=1S/C29H29N3O7S/c1-5-37-23-16-19(10-11-22(23)38-13-12-30)17-24-27(33)32-26(20-8-6-7-9-21(20)36-4)25(18(2)31-29(32)40-24)28(34)39-15-14-35-3/h6-11,16-17,26H,5,13-15H2,1-4H3. The number of methoxy groups -OCH3 is 2. The van der Waals surface area contributed by atoms with Crippen molar-refractivity contribution in [3.8, 4) is 23.3 Å². The van der Waals surface area contributed by atoms with Crippen molar-refractivity contribution in [3.05, 3.63) is 84.5 Å². The van der Waals surface area contributed by atoms with E-state index >= 15 is 0 Å². The number of hydrogen-bond donors (Lipinski definition) is 0. The minimum Gasteiger partial charge on any atom is -0.496 e. The number of rotatable bonds is 11. The van der Waals surface area contributed by atoms with E-state index in [1.54, 1.807) is 37.3 Å². The molecule has 4 rings (SSSR count). The van der Waals surface area contributed by atoms with Gasteiger partial charge in [-0.05, 0) is 43.7 Å². The van der Waals surface area contributed by atoms with E-state index in [2.05, 4.69) is 4.99 Å². The number of para-hydroxylation sites is 1. The molecule has 40 heavy (non-hydrogen) atoms. The van der Waals surface area contributed by atoms with E-state index in [1.807, 2.05) is 31.2 Å². The summed E-state index contributed by atoms with van der Waals surface area (Å²) in [7, 11) is 3.06. The van der Waals surface area contributed by atoms with Crippen LogP contribution in [0.4, 0.5) is 0 Å². The number of esters is 1.